The summed E-state index contributed by atoms with van der Waals surface area (Å²) in [5.41, 5.74) is 5.35. The minimum atomic E-state index is -1.07. The van der Waals surface area contributed by atoms with Gasteiger partial charge in [-0.2, -0.15) is 0 Å². The van der Waals surface area contributed by atoms with Gasteiger partial charge in [-0.15, -0.1) is 0 Å². The van der Waals surface area contributed by atoms with Gasteiger partial charge in [-0.05, 0) is 30.4 Å². The summed E-state index contributed by atoms with van der Waals surface area (Å²) < 4.78 is 12.0. The summed E-state index contributed by atoms with van der Waals surface area (Å²) in [6.45, 7) is 4.29. The highest BCUT2D eigenvalue weighted by Gasteiger charge is 2.27. The molecule has 18 heavy (non-hydrogen) atoms. The molecule has 0 aliphatic rings. The second-order valence-corrected chi connectivity index (χ2v) is 6.62. The Morgan fingerprint density at radius 1 is 1.06 bits per heavy atom. The standard InChI is InChI=1S/C14H29NO2S/c1-3-5-7-8-9-11-13(14(15)16)18(17)12-10-6-4-2/h13H,3-12H2,1-2H3,(H2,15,16). The van der Waals surface area contributed by atoms with Crippen LogP contribution in [0.3, 0.4) is 0 Å². The van der Waals surface area contributed by atoms with Crippen LogP contribution < -0.4 is 5.73 Å². The molecule has 0 bridgehead atoms. The quantitative estimate of drug-likeness (QED) is 0.439. The first-order valence-corrected chi connectivity index (χ1v) is 8.68. The molecule has 0 aliphatic carbocycles. The Kier molecular flexibility index (Phi) is 11.7. The number of hydrogen-bond donors (Lipinski definition) is 1. The Hall–Kier alpha value is -0.220. The van der Waals surface area contributed by atoms with Gasteiger partial charge in [0.05, 0.1) is 0 Å². The molecule has 1 amide bonds. The van der Waals surface area contributed by atoms with Crippen molar-refractivity contribution in [2.45, 2.75) is 76.9 Å². The first-order chi connectivity index (χ1) is 8.63. The topological polar surface area (TPSA) is 66.2 Å². The molecule has 0 saturated heterocycles. The molecule has 0 fully saturated rings. The van der Waals surface area contributed by atoms with E-state index in [2.05, 4.69) is 13.8 Å². The summed E-state index contributed by atoms with van der Waals surface area (Å²) in [6, 6.07) is 0. The molecule has 0 heterocycles. The fourth-order valence-electron chi connectivity index (χ4n) is 1.97. The van der Waals surface area contributed by atoms with Crippen LogP contribution in [0.2, 0.25) is 0 Å². The average Bonchev–Trinajstić information content (AvgIpc) is 2.33. The van der Waals surface area contributed by atoms with Crippen molar-refractivity contribution in [3.8, 4) is 0 Å². The molecular weight excluding hydrogens is 246 g/mol. The number of hydrogen-bond acceptors (Lipinski definition) is 2. The Bertz CT molecular complexity index is 212. The zero-order valence-electron chi connectivity index (χ0n) is 12.0. The SMILES string of the molecule is CCCCCCCC(C(N)=O)[S+]([O-])CCCCC. The third kappa shape index (κ3) is 8.81. The van der Waals surface area contributed by atoms with Gasteiger partial charge in [0.25, 0.3) is 5.91 Å². The normalized spacial score (nSPS) is 14.4. The second-order valence-electron chi connectivity index (χ2n) is 4.89. The molecule has 2 atom stereocenters. The summed E-state index contributed by atoms with van der Waals surface area (Å²) in [4.78, 5) is 11.3. The molecule has 0 aromatic carbocycles. The number of carbonyl (C=O) groups is 1. The lowest BCUT2D eigenvalue weighted by molar-refractivity contribution is -0.117. The van der Waals surface area contributed by atoms with E-state index < -0.39 is 16.4 Å². The smallest absolute Gasteiger partial charge is 0.270 e. The van der Waals surface area contributed by atoms with E-state index in [4.69, 9.17) is 5.73 Å². The molecule has 0 aromatic heterocycles. The van der Waals surface area contributed by atoms with Crippen LogP contribution in [0, 0.1) is 0 Å². The lowest BCUT2D eigenvalue weighted by Crippen LogP contribution is -2.37. The van der Waals surface area contributed by atoms with Crippen LogP contribution in [0.15, 0.2) is 0 Å². The van der Waals surface area contributed by atoms with Crippen LogP contribution in [0.5, 0.6) is 0 Å². The third-order valence-corrected chi connectivity index (χ3v) is 4.95. The average molecular weight is 275 g/mol. The first kappa shape index (κ1) is 17.8. The van der Waals surface area contributed by atoms with E-state index in [1.165, 1.54) is 19.3 Å². The Labute approximate surface area is 115 Å². The van der Waals surface area contributed by atoms with Gasteiger partial charge in [0, 0.05) is 6.42 Å². The molecule has 0 radical (unpaired) electrons. The van der Waals surface area contributed by atoms with Crippen molar-refractivity contribution in [2.24, 2.45) is 5.73 Å². The van der Waals surface area contributed by atoms with Crippen LogP contribution in [-0.4, -0.2) is 21.5 Å². The molecule has 2 unspecified atom stereocenters. The zero-order valence-corrected chi connectivity index (χ0v) is 12.8. The van der Waals surface area contributed by atoms with Gasteiger partial charge < -0.3 is 10.3 Å². The minimum Gasteiger partial charge on any atom is -0.616 e. The number of nitrogens with two attached hydrogens (primary N) is 1. The molecule has 2 N–H and O–H groups in total. The summed E-state index contributed by atoms with van der Waals surface area (Å²) >= 11 is -1.07. The van der Waals surface area contributed by atoms with Crippen molar-refractivity contribution in [1.82, 2.24) is 0 Å². The largest absolute Gasteiger partial charge is 0.616 e. The van der Waals surface area contributed by atoms with E-state index in [0.29, 0.717) is 12.2 Å². The van der Waals surface area contributed by atoms with Crippen molar-refractivity contribution in [3.63, 3.8) is 0 Å². The fourth-order valence-corrected chi connectivity index (χ4v) is 3.43. The highest BCUT2D eigenvalue weighted by atomic mass is 32.2. The van der Waals surface area contributed by atoms with Crippen molar-refractivity contribution in [3.05, 3.63) is 0 Å². The Morgan fingerprint density at radius 2 is 1.61 bits per heavy atom. The lowest BCUT2D eigenvalue weighted by Gasteiger charge is -2.19. The van der Waals surface area contributed by atoms with Gasteiger partial charge in [-0.3, -0.25) is 4.79 Å². The predicted octanol–water partition coefficient (Wildman–Crippen LogP) is 3.14. The summed E-state index contributed by atoms with van der Waals surface area (Å²) in [7, 11) is 0. The second kappa shape index (κ2) is 11.8. The summed E-state index contributed by atoms with van der Waals surface area (Å²) in [6.07, 6.45) is 9.54. The van der Waals surface area contributed by atoms with E-state index in [1.807, 2.05) is 0 Å². The van der Waals surface area contributed by atoms with E-state index in [0.717, 1.165) is 32.1 Å². The number of primary amides is 1. The van der Waals surface area contributed by atoms with E-state index in [-0.39, 0.29) is 5.91 Å². The van der Waals surface area contributed by atoms with E-state index >= 15 is 0 Å². The molecule has 4 heteroatoms. The van der Waals surface area contributed by atoms with Crippen molar-refractivity contribution < 1.29 is 9.35 Å². The summed E-state index contributed by atoms with van der Waals surface area (Å²) in [5.74, 6) is 0.233. The molecule has 108 valence electrons. The highest BCUT2D eigenvalue weighted by Crippen LogP contribution is 2.15. The minimum absolute atomic E-state index is 0.389. The van der Waals surface area contributed by atoms with Crippen LogP contribution in [0.4, 0.5) is 0 Å². The van der Waals surface area contributed by atoms with Crippen molar-refractivity contribution >= 4 is 17.1 Å². The summed E-state index contributed by atoms with van der Waals surface area (Å²) in [5, 5.41) is -0.427. The Balaban J connectivity index is 3.86. The Morgan fingerprint density at radius 3 is 2.17 bits per heavy atom. The van der Waals surface area contributed by atoms with Gasteiger partial charge in [-0.1, -0.05) is 46.0 Å². The lowest BCUT2D eigenvalue weighted by atomic mass is 10.1. The van der Waals surface area contributed by atoms with Gasteiger partial charge in [0.2, 0.25) is 0 Å². The van der Waals surface area contributed by atoms with Crippen molar-refractivity contribution in [2.75, 3.05) is 5.75 Å². The maximum absolute atomic E-state index is 12.0. The van der Waals surface area contributed by atoms with Crippen LogP contribution in [0.25, 0.3) is 0 Å². The van der Waals surface area contributed by atoms with E-state index in [1.54, 1.807) is 0 Å². The van der Waals surface area contributed by atoms with Crippen molar-refractivity contribution in [1.29, 1.82) is 0 Å². The maximum Gasteiger partial charge on any atom is 0.270 e. The molecule has 0 saturated carbocycles. The van der Waals surface area contributed by atoms with Gasteiger partial charge in [0.1, 0.15) is 5.75 Å². The number of rotatable bonds is 12. The maximum atomic E-state index is 12.0. The number of amides is 1. The van der Waals surface area contributed by atoms with Gasteiger partial charge in [-0.25, -0.2) is 0 Å². The fraction of sp³-hybridized carbons (Fsp3) is 0.929. The monoisotopic (exact) mass is 275 g/mol. The highest BCUT2D eigenvalue weighted by molar-refractivity contribution is 7.92. The molecule has 0 aliphatic heterocycles. The number of carbonyl (C=O) groups excluding carboxylic acids is 1. The molecular formula is C14H29NO2S. The third-order valence-electron chi connectivity index (χ3n) is 3.15. The number of unbranched alkanes of at least 4 members (excludes halogenated alkanes) is 6. The van der Waals surface area contributed by atoms with Crippen LogP contribution in [0.1, 0.15) is 71.6 Å². The van der Waals surface area contributed by atoms with Crippen LogP contribution >= 0.6 is 0 Å². The van der Waals surface area contributed by atoms with Crippen LogP contribution in [-0.2, 0) is 16.0 Å². The zero-order chi connectivity index (χ0) is 13.8. The van der Waals surface area contributed by atoms with Gasteiger partial charge >= 0.3 is 0 Å². The predicted molar refractivity (Wildman–Crippen MR) is 78.9 cm³/mol. The van der Waals surface area contributed by atoms with Gasteiger partial charge in [0.15, 0.2) is 5.25 Å². The van der Waals surface area contributed by atoms with E-state index in [9.17, 15) is 9.35 Å². The molecule has 0 spiro atoms. The molecule has 0 aromatic rings. The molecule has 3 nitrogen and oxygen atoms in total. The first-order valence-electron chi connectivity index (χ1n) is 7.29. The molecule has 0 rings (SSSR count).